The molecular formula is C11H15F6IO3. The van der Waals surface area contributed by atoms with E-state index in [0.29, 0.717) is 0 Å². The van der Waals surface area contributed by atoms with E-state index in [9.17, 15) is 31.1 Å². The second kappa shape index (κ2) is 6.88. The average molecular weight is 436 g/mol. The summed E-state index contributed by atoms with van der Waals surface area (Å²) in [5, 5.41) is 8.97. The fraction of sp³-hybridized carbons (Fsp3) is 0.909. The van der Waals surface area contributed by atoms with Crippen molar-refractivity contribution in [1.29, 1.82) is 0 Å². The van der Waals surface area contributed by atoms with Crippen molar-refractivity contribution in [2.45, 2.75) is 55.2 Å². The van der Waals surface area contributed by atoms with Crippen LogP contribution in [0, 0.1) is 5.92 Å². The van der Waals surface area contributed by atoms with Gasteiger partial charge < -0.3 is 9.84 Å². The van der Waals surface area contributed by atoms with Gasteiger partial charge in [0.05, 0.1) is 0 Å². The van der Waals surface area contributed by atoms with Gasteiger partial charge in [-0.2, -0.15) is 26.3 Å². The van der Waals surface area contributed by atoms with Gasteiger partial charge >= 0.3 is 18.3 Å². The topological polar surface area (TPSA) is 46.5 Å². The van der Waals surface area contributed by atoms with E-state index < -0.39 is 40.4 Å². The van der Waals surface area contributed by atoms with Crippen molar-refractivity contribution < 1.29 is 41.0 Å². The molecule has 0 aliphatic heterocycles. The first-order valence-electron chi connectivity index (χ1n) is 5.84. The molecule has 3 nitrogen and oxygen atoms in total. The van der Waals surface area contributed by atoms with Crippen LogP contribution in [0.4, 0.5) is 26.3 Å². The predicted molar refractivity (Wildman–Crippen MR) is 69.9 cm³/mol. The molecule has 0 fully saturated rings. The van der Waals surface area contributed by atoms with Gasteiger partial charge in [0.1, 0.15) is 10.0 Å². The molecule has 0 bridgehead atoms. The fourth-order valence-corrected chi connectivity index (χ4v) is 1.53. The molecule has 21 heavy (non-hydrogen) atoms. The van der Waals surface area contributed by atoms with E-state index in [1.54, 1.807) is 36.4 Å². The highest BCUT2D eigenvalue weighted by Crippen LogP contribution is 2.46. The van der Waals surface area contributed by atoms with Crippen LogP contribution in [0.15, 0.2) is 0 Å². The zero-order valence-corrected chi connectivity index (χ0v) is 13.5. The highest BCUT2D eigenvalue weighted by Gasteiger charge is 2.70. The number of hydrogen-bond donors (Lipinski definition) is 1. The van der Waals surface area contributed by atoms with E-state index in [4.69, 9.17) is 5.11 Å². The average Bonchev–Trinajstić information content (AvgIpc) is 2.24. The molecule has 0 aliphatic carbocycles. The first-order chi connectivity index (χ1) is 9.13. The monoisotopic (exact) mass is 436 g/mol. The second-order valence-electron chi connectivity index (χ2n) is 4.95. The molecule has 0 heterocycles. The van der Waals surface area contributed by atoms with Gasteiger partial charge in [-0.3, -0.25) is 4.79 Å². The van der Waals surface area contributed by atoms with Gasteiger partial charge in [-0.05, 0) is 12.8 Å². The summed E-state index contributed by atoms with van der Waals surface area (Å²) in [6.07, 6.45) is -15.4. The minimum Gasteiger partial charge on any atom is -0.462 e. The van der Waals surface area contributed by atoms with Crippen LogP contribution in [0.2, 0.25) is 0 Å². The largest absolute Gasteiger partial charge is 0.462 e. The lowest BCUT2D eigenvalue weighted by atomic mass is 9.95. The van der Waals surface area contributed by atoms with Crippen molar-refractivity contribution in [2.75, 3.05) is 0 Å². The highest BCUT2D eigenvalue weighted by atomic mass is 127. The molecule has 0 aliphatic rings. The summed E-state index contributed by atoms with van der Waals surface area (Å²) in [7, 11) is 0. The van der Waals surface area contributed by atoms with Crippen molar-refractivity contribution >= 4 is 28.6 Å². The van der Waals surface area contributed by atoms with Gasteiger partial charge in [0.15, 0.2) is 0 Å². The Kier molecular flexibility index (Phi) is 6.80. The van der Waals surface area contributed by atoms with Crippen LogP contribution in [-0.2, 0) is 9.53 Å². The summed E-state index contributed by atoms with van der Waals surface area (Å²) >= 11 is 1.68. The third kappa shape index (κ3) is 5.15. The van der Waals surface area contributed by atoms with Gasteiger partial charge in [-0.15, -0.1) is 0 Å². The quantitative estimate of drug-likeness (QED) is 0.310. The molecule has 0 rings (SSSR count). The maximum Gasteiger partial charge on any atom is 0.426 e. The summed E-state index contributed by atoms with van der Waals surface area (Å²) in [5.41, 5.74) is -4.92. The van der Waals surface area contributed by atoms with E-state index in [2.05, 4.69) is 4.74 Å². The van der Waals surface area contributed by atoms with Crippen molar-refractivity contribution in [2.24, 2.45) is 5.92 Å². The molecule has 1 N–H and O–H groups in total. The molecule has 0 saturated carbocycles. The summed E-state index contributed by atoms with van der Waals surface area (Å²) in [5.74, 6) is -1.13. The number of ether oxygens (including phenoxy) is 1. The summed E-state index contributed by atoms with van der Waals surface area (Å²) < 4.78 is 78.7. The molecular weight excluding hydrogens is 421 g/mol. The lowest BCUT2D eigenvalue weighted by Gasteiger charge is -2.34. The number of alkyl halides is 7. The number of carbonyl (C=O) groups is 1. The highest BCUT2D eigenvalue weighted by molar-refractivity contribution is 14.1. The van der Waals surface area contributed by atoms with Gasteiger partial charge in [0, 0.05) is 6.42 Å². The van der Waals surface area contributed by atoms with Crippen LogP contribution in [0.3, 0.4) is 0 Å². The van der Waals surface area contributed by atoms with Crippen molar-refractivity contribution in [1.82, 2.24) is 0 Å². The zero-order valence-electron chi connectivity index (χ0n) is 11.3. The molecule has 0 aromatic carbocycles. The molecule has 0 amide bonds. The SMILES string of the molecule is CC(CC(O)(C(F)(F)F)C(F)(F)F)OC(=O)C(I)C(C)C. The molecule has 126 valence electrons. The summed E-state index contributed by atoms with van der Waals surface area (Å²) in [6, 6.07) is 0. The van der Waals surface area contributed by atoms with Crippen LogP contribution >= 0.6 is 22.6 Å². The zero-order chi connectivity index (χ0) is 17.2. The minimum absolute atomic E-state index is 0.200. The lowest BCUT2D eigenvalue weighted by molar-refractivity contribution is -0.373. The third-order valence-electron chi connectivity index (χ3n) is 2.65. The smallest absolute Gasteiger partial charge is 0.426 e. The fourth-order valence-electron chi connectivity index (χ4n) is 1.39. The van der Waals surface area contributed by atoms with Crippen LogP contribution in [0.25, 0.3) is 0 Å². The minimum atomic E-state index is -5.92. The standard InChI is InChI=1S/C11H15F6IO3/c1-5(2)7(18)8(19)21-6(3)4-9(20,10(12,13)14)11(15,16)17/h5-7,20H,4H2,1-3H3. The molecule has 0 spiro atoms. The first kappa shape index (κ1) is 20.7. The maximum absolute atomic E-state index is 12.5. The number of aliphatic hydroxyl groups is 1. The summed E-state index contributed by atoms with van der Waals surface area (Å²) in [6.45, 7) is 4.15. The molecule has 0 aromatic heterocycles. The van der Waals surface area contributed by atoms with Crippen molar-refractivity contribution in [3.8, 4) is 0 Å². The van der Waals surface area contributed by atoms with E-state index in [1.807, 2.05) is 0 Å². The normalized spacial score (nSPS) is 16.8. The van der Waals surface area contributed by atoms with E-state index in [-0.39, 0.29) is 5.92 Å². The number of esters is 1. The van der Waals surface area contributed by atoms with Crippen molar-refractivity contribution in [3.05, 3.63) is 0 Å². The Hall–Kier alpha value is -0.260. The van der Waals surface area contributed by atoms with E-state index >= 15 is 0 Å². The second-order valence-corrected chi connectivity index (χ2v) is 6.30. The molecule has 2 unspecified atom stereocenters. The molecule has 10 heteroatoms. The van der Waals surface area contributed by atoms with E-state index in [0.717, 1.165) is 6.92 Å². The van der Waals surface area contributed by atoms with Gasteiger partial charge in [0.25, 0.3) is 5.60 Å². The Morgan fingerprint density at radius 2 is 1.48 bits per heavy atom. The third-order valence-corrected chi connectivity index (χ3v) is 4.60. The van der Waals surface area contributed by atoms with Crippen LogP contribution in [-0.4, -0.2) is 39.1 Å². The maximum atomic E-state index is 12.5. The predicted octanol–water partition coefficient (Wildman–Crippen LogP) is 3.62. The van der Waals surface area contributed by atoms with Gasteiger partial charge in [-0.1, -0.05) is 36.4 Å². The number of hydrogen-bond acceptors (Lipinski definition) is 3. The van der Waals surface area contributed by atoms with Crippen molar-refractivity contribution in [3.63, 3.8) is 0 Å². The first-order valence-corrected chi connectivity index (χ1v) is 7.08. The molecule has 0 radical (unpaired) electrons. The Labute approximate surface area is 131 Å². The Morgan fingerprint density at radius 1 is 1.10 bits per heavy atom. The summed E-state index contributed by atoms with van der Waals surface area (Å²) in [4.78, 5) is 11.5. The van der Waals surface area contributed by atoms with E-state index in [1.165, 1.54) is 0 Å². The molecule has 2 atom stereocenters. The molecule has 0 aromatic rings. The number of rotatable bonds is 5. The van der Waals surface area contributed by atoms with Crippen LogP contribution in [0.5, 0.6) is 0 Å². The van der Waals surface area contributed by atoms with Gasteiger partial charge in [0.2, 0.25) is 0 Å². The number of halogens is 7. The van der Waals surface area contributed by atoms with Gasteiger partial charge in [-0.25, -0.2) is 0 Å². The lowest BCUT2D eigenvalue weighted by Crippen LogP contribution is -2.58. The van der Waals surface area contributed by atoms with Crippen LogP contribution < -0.4 is 0 Å². The Bertz CT molecular complexity index is 352. The molecule has 0 saturated heterocycles. The number of carbonyl (C=O) groups excluding carboxylic acids is 1. The Balaban J connectivity index is 5.03. The van der Waals surface area contributed by atoms with Crippen LogP contribution in [0.1, 0.15) is 27.2 Å². The Morgan fingerprint density at radius 3 is 1.76 bits per heavy atom.